The van der Waals surface area contributed by atoms with Gasteiger partial charge in [-0.3, -0.25) is 4.90 Å². The van der Waals surface area contributed by atoms with E-state index in [0.29, 0.717) is 0 Å². The number of hydrogen-bond donors (Lipinski definition) is 0. The zero-order valence-corrected chi connectivity index (χ0v) is 7.38. The fraction of sp³-hybridized carbons (Fsp3) is 0.778. The summed E-state index contributed by atoms with van der Waals surface area (Å²) < 4.78 is 0. The van der Waals surface area contributed by atoms with Crippen molar-refractivity contribution in [3.63, 3.8) is 0 Å². The van der Waals surface area contributed by atoms with Crippen molar-refractivity contribution in [2.24, 2.45) is 0 Å². The fourth-order valence-electron chi connectivity index (χ4n) is 2.13. The molecular formula is C9H16N2. The Morgan fingerprint density at radius 1 is 1.45 bits per heavy atom. The molecule has 0 aromatic rings. The van der Waals surface area contributed by atoms with E-state index < -0.39 is 0 Å². The molecule has 62 valence electrons. The predicted molar refractivity (Wildman–Crippen MR) is 46.6 cm³/mol. The molecule has 2 nitrogen and oxygen atoms in total. The monoisotopic (exact) mass is 152 g/mol. The maximum atomic E-state index is 2.47. The lowest BCUT2D eigenvalue weighted by atomic mass is 10.0. The second-order valence-corrected chi connectivity index (χ2v) is 3.76. The number of likely N-dealkylation sites (N-methyl/N-ethyl adjacent to an activating group) is 2. The van der Waals surface area contributed by atoms with Crippen molar-refractivity contribution >= 4 is 0 Å². The van der Waals surface area contributed by atoms with E-state index in [0.717, 1.165) is 6.04 Å². The van der Waals surface area contributed by atoms with Crippen molar-refractivity contribution in [2.75, 3.05) is 33.7 Å². The first-order valence-corrected chi connectivity index (χ1v) is 4.35. The van der Waals surface area contributed by atoms with E-state index in [1.54, 1.807) is 5.57 Å². The van der Waals surface area contributed by atoms with E-state index in [1.165, 1.54) is 26.1 Å². The minimum Gasteiger partial charge on any atom is -0.300 e. The van der Waals surface area contributed by atoms with Gasteiger partial charge in [0.1, 0.15) is 0 Å². The highest BCUT2D eigenvalue weighted by atomic mass is 15.2. The summed E-state index contributed by atoms with van der Waals surface area (Å²) in [5, 5.41) is 0. The summed E-state index contributed by atoms with van der Waals surface area (Å²) in [5.41, 5.74) is 1.64. The molecule has 0 amide bonds. The Hall–Kier alpha value is -0.340. The number of rotatable bonds is 0. The summed E-state index contributed by atoms with van der Waals surface area (Å²) in [4.78, 5) is 4.87. The SMILES string of the molecule is CN1CC2=CCCN(C)[C@@H]2C1. The van der Waals surface area contributed by atoms with Crippen LogP contribution in [0.4, 0.5) is 0 Å². The Morgan fingerprint density at radius 2 is 2.27 bits per heavy atom. The van der Waals surface area contributed by atoms with Crippen LogP contribution in [0.15, 0.2) is 11.6 Å². The Bertz CT molecular complexity index is 186. The highest BCUT2D eigenvalue weighted by Gasteiger charge is 2.29. The third kappa shape index (κ3) is 1.21. The van der Waals surface area contributed by atoms with Crippen LogP contribution in [0.5, 0.6) is 0 Å². The van der Waals surface area contributed by atoms with Gasteiger partial charge < -0.3 is 4.90 Å². The van der Waals surface area contributed by atoms with Crippen molar-refractivity contribution in [3.8, 4) is 0 Å². The van der Waals surface area contributed by atoms with Crippen LogP contribution in [-0.2, 0) is 0 Å². The first-order chi connectivity index (χ1) is 5.27. The van der Waals surface area contributed by atoms with Crippen LogP contribution in [-0.4, -0.2) is 49.6 Å². The van der Waals surface area contributed by atoms with Crippen LogP contribution in [0, 0.1) is 0 Å². The van der Waals surface area contributed by atoms with Crippen molar-refractivity contribution in [1.29, 1.82) is 0 Å². The molecule has 2 rings (SSSR count). The molecule has 0 aliphatic carbocycles. The molecule has 11 heavy (non-hydrogen) atoms. The van der Waals surface area contributed by atoms with E-state index in [-0.39, 0.29) is 0 Å². The molecule has 2 heteroatoms. The van der Waals surface area contributed by atoms with Crippen LogP contribution < -0.4 is 0 Å². The molecule has 0 radical (unpaired) electrons. The molecule has 2 aliphatic heterocycles. The van der Waals surface area contributed by atoms with Gasteiger partial charge in [0.2, 0.25) is 0 Å². The molecule has 2 heterocycles. The summed E-state index contributed by atoms with van der Waals surface area (Å²) in [5.74, 6) is 0. The van der Waals surface area contributed by atoms with Crippen LogP contribution in [0.3, 0.4) is 0 Å². The maximum Gasteiger partial charge on any atom is 0.0444 e. The zero-order chi connectivity index (χ0) is 7.84. The van der Waals surface area contributed by atoms with Gasteiger partial charge in [-0.15, -0.1) is 0 Å². The summed E-state index contributed by atoms with van der Waals surface area (Å²) >= 11 is 0. The van der Waals surface area contributed by atoms with E-state index in [2.05, 4.69) is 30.0 Å². The number of hydrogen-bond acceptors (Lipinski definition) is 2. The third-order valence-corrected chi connectivity index (χ3v) is 2.79. The van der Waals surface area contributed by atoms with E-state index in [9.17, 15) is 0 Å². The average Bonchev–Trinajstić information content (AvgIpc) is 2.31. The van der Waals surface area contributed by atoms with E-state index in [1.807, 2.05) is 0 Å². The predicted octanol–water partition coefficient (Wildman–Crippen LogP) is 0.562. The normalized spacial score (nSPS) is 33.6. The van der Waals surface area contributed by atoms with Crippen molar-refractivity contribution in [1.82, 2.24) is 9.80 Å². The number of likely N-dealkylation sites (tertiary alicyclic amines) is 1. The van der Waals surface area contributed by atoms with Gasteiger partial charge in [0.15, 0.2) is 0 Å². The molecule has 2 aliphatic rings. The molecule has 1 fully saturated rings. The van der Waals surface area contributed by atoms with Gasteiger partial charge in [-0.05, 0) is 26.1 Å². The molecule has 0 spiro atoms. The minimum atomic E-state index is 0.730. The number of nitrogens with zero attached hydrogens (tertiary/aromatic N) is 2. The van der Waals surface area contributed by atoms with Gasteiger partial charge in [0.05, 0.1) is 0 Å². The van der Waals surface area contributed by atoms with Crippen molar-refractivity contribution in [2.45, 2.75) is 12.5 Å². The lowest BCUT2D eigenvalue weighted by Crippen LogP contribution is -2.37. The molecule has 1 saturated heterocycles. The quantitative estimate of drug-likeness (QED) is 0.468. The van der Waals surface area contributed by atoms with Crippen molar-refractivity contribution < 1.29 is 0 Å². The zero-order valence-electron chi connectivity index (χ0n) is 7.38. The highest BCUT2D eigenvalue weighted by Crippen LogP contribution is 2.23. The van der Waals surface area contributed by atoms with Gasteiger partial charge in [0.25, 0.3) is 0 Å². The molecular weight excluding hydrogens is 136 g/mol. The Kier molecular flexibility index (Phi) is 1.74. The maximum absolute atomic E-state index is 2.47. The highest BCUT2D eigenvalue weighted by molar-refractivity contribution is 5.21. The summed E-state index contributed by atoms with van der Waals surface area (Å²) in [6, 6.07) is 0.730. The van der Waals surface area contributed by atoms with Crippen LogP contribution in [0.2, 0.25) is 0 Å². The molecule has 0 aromatic heterocycles. The number of fused-ring (bicyclic) bond motifs is 1. The molecule has 0 bridgehead atoms. The minimum absolute atomic E-state index is 0.730. The van der Waals surface area contributed by atoms with Gasteiger partial charge in [-0.25, -0.2) is 0 Å². The van der Waals surface area contributed by atoms with Gasteiger partial charge >= 0.3 is 0 Å². The summed E-state index contributed by atoms with van der Waals surface area (Å²) in [6.07, 6.45) is 3.67. The second-order valence-electron chi connectivity index (χ2n) is 3.76. The van der Waals surface area contributed by atoms with Crippen molar-refractivity contribution in [3.05, 3.63) is 11.6 Å². The van der Waals surface area contributed by atoms with Gasteiger partial charge in [-0.2, -0.15) is 0 Å². The summed E-state index contributed by atoms with van der Waals surface area (Å²) in [7, 11) is 4.43. The lowest BCUT2D eigenvalue weighted by molar-refractivity contribution is 0.254. The average molecular weight is 152 g/mol. The standard InChI is InChI=1S/C9H16N2/c1-10-6-8-4-3-5-11(2)9(8)7-10/h4,9H,3,5-7H2,1-2H3/t9-/m1/s1. The van der Waals surface area contributed by atoms with Gasteiger partial charge in [-0.1, -0.05) is 6.08 Å². The van der Waals surface area contributed by atoms with E-state index in [4.69, 9.17) is 0 Å². The Balaban J connectivity index is 2.17. The fourth-order valence-corrected chi connectivity index (χ4v) is 2.13. The topological polar surface area (TPSA) is 6.48 Å². The first-order valence-electron chi connectivity index (χ1n) is 4.35. The second kappa shape index (κ2) is 2.61. The Labute approximate surface area is 68.5 Å². The molecule has 0 N–H and O–H groups in total. The smallest absolute Gasteiger partial charge is 0.0444 e. The van der Waals surface area contributed by atoms with Crippen LogP contribution in [0.25, 0.3) is 0 Å². The summed E-state index contributed by atoms with van der Waals surface area (Å²) in [6.45, 7) is 3.65. The van der Waals surface area contributed by atoms with Crippen LogP contribution in [0.1, 0.15) is 6.42 Å². The third-order valence-electron chi connectivity index (χ3n) is 2.79. The molecule has 0 aromatic carbocycles. The molecule has 1 atom stereocenters. The molecule has 0 unspecified atom stereocenters. The largest absolute Gasteiger partial charge is 0.300 e. The molecule has 0 saturated carbocycles. The van der Waals surface area contributed by atoms with E-state index >= 15 is 0 Å². The Morgan fingerprint density at radius 3 is 3.00 bits per heavy atom. The first kappa shape index (κ1) is 7.32. The van der Waals surface area contributed by atoms with Crippen LogP contribution >= 0.6 is 0 Å². The van der Waals surface area contributed by atoms with Gasteiger partial charge in [0, 0.05) is 25.7 Å². The lowest BCUT2D eigenvalue weighted by Gasteiger charge is -2.28.